The summed E-state index contributed by atoms with van der Waals surface area (Å²) in [6, 6.07) is 9.86. The van der Waals surface area contributed by atoms with Gasteiger partial charge in [-0.25, -0.2) is 0 Å². The van der Waals surface area contributed by atoms with Crippen molar-refractivity contribution in [2.45, 2.75) is 83.1 Å². The van der Waals surface area contributed by atoms with Gasteiger partial charge in [-0.15, -0.1) is 0 Å². The molecule has 1 unspecified atom stereocenters. The summed E-state index contributed by atoms with van der Waals surface area (Å²) >= 11 is 0. The number of rotatable bonds is 7. The number of hydrogen-bond acceptors (Lipinski definition) is 5. The molecule has 1 N–H and O–H groups in total. The van der Waals surface area contributed by atoms with Gasteiger partial charge in [-0.3, -0.25) is 24.1 Å². The maximum absolute atomic E-state index is 13.3. The second-order valence-electron chi connectivity index (χ2n) is 11.0. The molecule has 0 saturated carbocycles. The zero-order valence-corrected chi connectivity index (χ0v) is 21.6. The first-order valence-electron chi connectivity index (χ1n) is 13.3. The molecule has 1 aromatic heterocycles. The van der Waals surface area contributed by atoms with E-state index in [1.54, 1.807) is 6.92 Å². The van der Waals surface area contributed by atoms with E-state index in [-0.39, 0.29) is 23.9 Å². The molecule has 8 nitrogen and oxygen atoms in total. The van der Waals surface area contributed by atoms with E-state index in [1.807, 2.05) is 40.9 Å². The maximum atomic E-state index is 13.3. The van der Waals surface area contributed by atoms with Crippen LogP contribution in [0.3, 0.4) is 0 Å². The Bertz CT molecular complexity index is 1070. The van der Waals surface area contributed by atoms with Crippen molar-refractivity contribution >= 4 is 22.7 Å². The molecule has 35 heavy (non-hydrogen) atoms. The molecule has 3 aliphatic rings. The standard InChI is InChI=1S/C27H40N6O2/c1-18(2)33-25-8-6-5-7-24(25)26(29-33)27(35)28-20-15-21-9-10-22(16-20)32(21)14-13-31-12-11-23(17-31)30(4)19(3)34/h5-8,18,20-23H,9-17H2,1-4H3,(H,28,35)/t20?,21-,22+,23-/m0/s1. The smallest absolute Gasteiger partial charge is 0.272 e. The first kappa shape index (κ1) is 24.3. The fourth-order valence-electron chi connectivity index (χ4n) is 6.51. The van der Waals surface area contributed by atoms with E-state index in [1.165, 1.54) is 12.8 Å². The van der Waals surface area contributed by atoms with E-state index in [9.17, 15) is 9.59 Å². The summed E-state index contributed by atoms with van der Waals surface area (Å²) in [6.07, 6.45) is 5.54. The van der Waals surface area contributed by atoms with E-state index in [2.05, 4.69) is 34.1 Å². The summed E-state index contributed by atoms with van der Waals surface area (Å²) < 4.78 is 1.95. The number of hydrogen-bond donors (Lipinski definition) is 1. The van der Waals surface area contributed by atoms with Crippen LogP contribution in [0.2, 0.25) is 0 Å². The third-order valence-electron chi connectivity index (χ3n) is 8.50. The number of likely N-dealkylation sites (tertiary alicyclic amines) is 1. The predicted octanol–water partition coefficient (Wildman–Crippen LogP) is 2.90. The van der Waals surface area contributed by atoms with E-state index in [4.69, 9.17) is 0 Å². The Kier molecular flexibility index (Phi) is 6.86. The average Bonchev–Trinajstić information content (AvgIpc) is 3.51. The molecular weight excluding hydrogens is 440 g/mol. The van der Waals surface area contributed by atoms with Crippen molar-refractivity contribution < 1.29 is 9.59 Å². The first-order chi connectivity index (χ1) is 16.8. The number of carbonyl (C=O) groups excluding carboxylic acids is 2. The highest BCUT2D eigenvalue weighted by Crippen LogP contribution is 2.36. The second kappa shape index (κ2) is 9.90. The molecule has 3 fully saturated rings. The van der Waals surface area contributed by atoms with E-state index < -0.39 is 0 Å². The van der Waals surface area contributed by atoms with Crippen LogP contribution in [0, 0.1) is 0 Å². The van der Waals surface area contributed by atoms with Gasteiger partial charge < -0.3 is 10.2 Å². The Balaban J connectivity index is 1.17. The Hall–Kier alpha value is -2.45. The van der Waals surface area contributed by atoms with Crippen LogP contribution < -0.4 is 5.32 Å². The topological polar surface area (TPSA) is 73.7 Å². The molecular formula is C27H40N6O2. The normalized spacial score (nSPS) is 27.1. The van der Waals surface area contributed by atoms with Gasteiger partial charge in [0.1, 0.15) is 0 Å². The number of fused-ring (bicyclic) bond motifs is 3. The molecule has 0 aliphatic carbocycles. The molecule has 4 heterocycles. The van der Waals surface area contributed by atoms with Gasteiger partial charge >= 0.3 is 0 Å². The Labute approximate surface area is 208 Å². The van der Waals surface area contributed by atoms with Crippen LogP contribution >= 0.6 is 0 Å². The summed E-state index contributed by atoms with van der Waals surface area (Å²) in [6.45, 7) is 10.0. The van der Waals surface area contributed by atoms with E-state index in [0.717, 1.165) is 56.3 Å². The molecule has 2 bridgehead atoms. The van der Waals surface area contributed by atoms with Crippen LogP contribution in [0.1, 0.15) is 69.4 Å². The fourth-order valence-corrected chi connectivity index (χ4v) is 6.51. The van der Waals surface area contributed by atoms with Crippen LogP contribution in [0.25, 0.3) is 10.9 Å². The van der Waals surface area contributed by atoms with Gasteiger partial charge in [0.15, 0.2) is 5.69 Å². The summed E-state index contributed by atoms with van der Waals surface area (Å²) in [5.74, 6) is 0.110. The Morgan fingerprint density at radius 3 is 2.51 bits per heavy atom. The third-order valence-corrected chi connectivity index (χ3v) is 8.50. The van der Waals surface area contributed by atoms with Gasteiger partial charge in [-0.2, -0.15) is 5.10 Å². The quantitative estimate of drug-likeness (QED) is 0.660. The molecule has 190 valence electrons. The number of aromatic nitrogens is 2. The largest absolute Gasteiger partial charge is 0.348 e. The molecule has 1 aromatic carbocycles. The molecule has 2 amide bonds. The minimum atomic E-state index is -0.0452. The SMILES string of the molecule is CC(=O)N(C)[C@H]1CCN(CCN2[C@@H]3CC[C@H]2CC(NC(=O)c2nn(C(C)C)c4ccccc24)C3)C1. The van der Waals surface area contributed by atoms with Crippen molar-refractivity contribution in [3.05, 3.63) is 30.0 Å². The lowest BCUT2D eigenvalue weighted by molar-refractivity contribution is -0.129. The highest BCUT2D eigenvalue weighted by atomic mass is 16.2. The average molecular weight is 481 g/mol. The molecule has 8 heteroatoms. The number of benzene rings is 1. The zero-order chi connectivity index (χ0) is 24.7. The zero-order valence-electron chi connectivity index (χ0n) is 21.6. The third kappa shape index (κ3) is 4.83. The molecule has 4 atom stereocenters. The van der Waals surface area contributed by atoms with Crippen molar-refractivity contribution in [2.24, 2.45) is 0 Å². The first-order valence-corrected chi connectivity index (χ1v) is 13.3. The van der Waals surface area contributed by atoms with Gasteiger partial charge in [0.2, 0.25) is 5.91 Å². The Morgan fingerprint density at radius 2 is 1.83 bits per heavy atom. The number of para-hydroxylation sites is 1. The van der Waals surface area contributed by atoms with Gasteiger partial charge in [-0.1, -0.05) is 18.2 Å². The summed E-state index contributed by atoms with van der Waals surface area (Å²) in [5.41, 5.74) is 1.56. The molecule has 2 aromatic rings. The van der Waals surface area contributed by atoms with Crippen LogP contribution in [0.15, 0.2) is 24.3 Å². The monoisotopic (exact) mass is 480 g/mol. The molecule has 5 rings (SSSR count). The minimum Gasteiger partial charge on any atom is -0.348 e. The number of piperidine rings is 1. The number of nitrogens with zero attached hydrogens (tertiary/aromatic N) is 5. The molecule has 0 spiro atoms. The van der Waals surface area contributed by atoms with Gasteiger partial charge in [0.05, 0.1) is 5.52 Å². The van der Waals surface area contributed by atoms with E-state index >= 15 is 0 Å². The van der Waals surface area contributed by atoms with Crippen molar-refractivity contribution in [1.29, 1.82) is 0 Å². The van der Waals surface area contributed by atoms with Crippen LogP contribution in [-0.4, -0.2) is 93.7 Å². The van der Waals surface area contributed by atoms with Gasteiger partial charge in [0.25, 0.3) is 5.91 Å². The van der Waals surface area contributed by atoms with Gasteiger partial charge in [-0.05, 0) is 52.0 Å². The molecule has 3 saturated heterocycles. The second-order valence-corrected chi connectivity index (χ2v) is 11.0. The van der Waals surface area contributed by atoms with Crippen molar-refractivity contribution in [1.82, 2.24) is 29.8 Å². The predicted molar refractivity (Wildman–Crippen MR) is 137 cm³/mol. The number of likely N-dealkylation sites (N-methyl/N-ethyl adjacent to an activating group) is 1. The fraction of sp³-hybridized carbons (Fsp3) is 0.667. The lowest BCUT2D eigenvalue weighted by atomic mass is 9.97. The number of amides is 2. The summed E-state index contributed by atoms with van der Waals surface area (Å²) in [4.78, 5) is 32.1. The maximum Gasteiger partial charge on any atom is 0.272 e. The lowest BCUT2D eigenvalue weighted by Crippen LogP contribution is -2.52. The highest BCUT2D eigenvalue weighted by molar-refractivity contribution is 6.05. The van der Waals surface area contributed by atoms with Crippen molar-refractivity contribution in [2.75, 3.05) is 33.2 Å². The van der Waals surface area contributed by atoms with Gasteiger partial charge in [0, 0.05) is 75.7 Å². The highest BCUT2D eigenvalue weighted by Gasteiger charge is 2.41. The van der Waals surface area contributed by atoms with Crippen molar-refractivity contribution in [3.8, 4) is 0 Å². The number of carbonyl (C=O) groups is 2. The minimum absolute atomic E-state index is 0.0452. The Morgan fingerprint density at radius 1 is 1.11 bits per heavy atom. The molecule has 0 radical (unpaired) electrons. The van der Waals surface area contributed by atoms with Crippen LogP contribution in [0.4, 0.5) is 0 Å². The molecule has 3 aliphatic heterocycles. The van der Waals surface area contributed by atoms with Crippen LogP contribution in [0.5, 0.6) is 0 Å². The van der Waals surface area contributed by atoms with E-state index in [0.29, 0.717) is 23.8 Å². The lowest BCUT2D eigenvalue weighted by Gasteiger charge is -2.39. The number of nitrogens with one attached hydrogen (secondary N) is 1. The summed E-state index contributed by atoms with van der Waals surface area (Å²) in [7, 11) is 1.92. The van der Waals surface area contributed by atoms with Crippen LogP contribution in [-0.2, 0) is 4.79 Å². The summed E-state index contributed by atoms with van der Waals surface area (Å²) in [5, 5.41) is 8.96. The van der Waals surface area contributed by atoms with Crippen molar-refractivity contribution in [3.63, 3.8) is 0 Å².